The summed E-state index contributed by atoms with van der Waals surface area (Å²) >= 11 is 0. The number of nitrogens with one attached hydrogen (secondary N) is 2. The molecule has 176 valence electrons. The molecular formula is C23H44IN3O3. The molecule has 30 heavy (non-hydrogen) atoms. The molecule has 0 saturated heterocycles. The topological polar surface area (TPSA) is 72.0 Å². The first-order chi connectivity index (χ1) is 14.2. The van der Waals surface area contributed by atoms with Gasteiger partial charge in [-0.05, 0) is 71.6 Å². The van der Waals surface area contributed by atoms with Crippen LogP contribution in [0.4, 0.5) is 0 Å². The molecule has 2 N–H and O–H groups in total. The average Bonchev–Trinajstić information content (AvgIpc) is 2.74. The van der Waals surface area contributed by atoms with Crippen LogP contribution in [0.1, 0.15) is 90.9 Å². The van der Waals surface area contributed by atoms with E-state index in [1.807, 2.05) is 6.92 Å². The zero-order valence-electron chi connectivity index (χ0n) is 19.1. The molecule has 2 saturated carbocycles. The Hall–Kier alpha value is -0.570. The minimum Gasteiger partial charge on any atom is -0.466 e. The summed E-state index contributed by atoms with van der Waals surface area (Å²) in [6.45, 7) is 7.04. The molecule has 2 fully saturated rings. The number of halogens is 1. The zero-order chi connectivity index (χ0) is 20.7. The van der Waals surface area contributed by atoms with E-state index < -0.39 is 0 Å². The first kappa shape index (κ1) is 27.5. The number of guanidine groups is 1. The van der Waals surface area contributed by atoms with Crippen LogP contribution < -0.4 is 10.6 Å². The summed E-state index contributed by atoms with van der Waals surface area (Å²) in [5, 5.41) is 6.91. The predicted molar refractivity (Wildman–Crippen MR) is 134 cm³/mol. The summed E-state index contributed by atoms with van der Waals surface area (Å²) in [5.41, 5.74) is 0. The second kappa shape index (κ2) is 17.0. The van der Waals surface area contributed by atoms with Crippen LogP contribution in [0.5, 0.6) is 0 Å². The van der Waals surface area contributed by atoms with Crippen molar-refractivity contribution in [1.82, 2.24) is 10.6 Å². The summed E-state index contributed by atoms with van der Waals surface area (Å²) in [6.07, 6.45) is 14.3. The van der Waals surface area contributed by atoms with Gasteiger partial charge in [0.05, 0.1) is 18.6 Å². The van der Waals surface area contributed by atoms with Gasteiger partial charge in [-0.1, -0.05) is 19.3 Å². The van der Waals surface area contributed by atoms with Crippen LogP contribution in [0, 0.1) is 5.92 Å². The number of unbranched alkanes of at least 4 members (excludes halogenated alkanes) is 2. The lowest BCUT2D eigenvalue weighted by Crippen LogP contribution is -2.45. The molecule has 0 heterocycles. The van der Waals surface area contributed by atoms with Crippen molar-refractivity contribution in [2.45, 2.75) is 103 Å². The first-order valence-corrected chi connectivity index (χ1v) is 12.1. The highest BCUT2D eigenvalue weighted by molar-refractivity contribution is 14.0. The summed E-state index contributed by atoms with van der Waals surface area (Å²) in [4.78, 5) is 16.6. The lowest BCUT2D eigenvalue weighted by molar-refractivity contribution is -0.149. The number of aliphatic imine (C=N–C) groups is 1. The molecule has 0 aromatic heterocycles. The van der Waals surface area contributed by atoms with E-state index in [2.05, 4.69) is 17.6 Å². The monoisotopic (exact) mass is 537 g/mol. The molecule has 7 heteroatoms. The van der Waals surface area contributed by atoms with E-state index in [4.69, 9.17) is 14.5 Å². The van der Waals surface area contributed by atoms with E-state index in [-0.39, 0.29) is 35.9 Å². The van der Waals surface area contributed by atoms with Crippen molar-refractivity contribution in [2.75, 3.05) is 26.3 Å². The van der Waals surface area contributed by atoms with Crippen LogP contribution in [-0.4, -0.2) is 50.4 Å². The largest absolute Gasteiger partial charge is 0.466 e. The lowest BCUT2D eigenvalue weighted by atomic mass is 9.86. The van der Waals surface area contributed by atoms with Gasteiger partial charge in [-0.3, -0.25) is 9.79 Å². The minimum atomic E-state index is -0.0287. The highest BCUT2D eigenvalue weighted by atomic mass is 127. The molecule has 0 amide bonds. The predicted octanol–water partition coefficient (Wildman–Crippen LogP) is 4.80. The van der Waals surface area contributed by atoms with Crippen LogP contribution in [-0.2, 0) is 14.3 Å². The molecule has 6 nitrogen and oxygen atoms in total. The fourth-order valence-electron chi connectivity index (χ4n) is 4.31. The molecule has 2 rings (SSSR count). The maximum atomic E-state index is 11.9. The Morgan fingerprint density at radius 3 is 2.37 bits per heavy atom. The first-order valence-electron chi connectivity index (χ1n) is 12.1. The molecule has 0 unspecified atom stereocenters. The van der Waals surface area contributed by atoms with Crippen molar-refractivity contribution in [2.24, 2.45) is 10.9 Å². The fraction of sp³-hybridized carbons (Fsp3) is 0.913. The van der Waals surface area contributed by atoms with Gasteiger partial charge in [0.25, 0.3) is 0 Å². The maximum absolute atomic E-state index is 11.9. The smallest absolute Gasteiger partial charge is 0.308 e. The second-order valence-electron chi connectivity index (χ2n) is 8.40. The molecule has 0 spiro atoms. The van der Waals surface area contributed by atoms with Crippen molar-refractivity contribution >= 4 is 35.9 Å². The van der Waals surface area contributed by atoms with Crippen LogP contribution >= 0.6 is 24.0 Å². The SMILES string of the molecule is CCNC(=NCCCCCOC1CCCCC1)NC1CCC(C(=O)OCC)CC1.I. The van der Waals surface area contributed by atoms with Crippen molar-refractivity contribution in [3.05, 3.63) is 0 Å². The summed E-state index contributed by atoms with van der Waals surface area (Å²) in [6, 6.07) is 0.391. The maximum Gasteiger partial charge on any atom is 0.308 e. The minimum absolute atomic E-state index is 0. The molecule has 0 aliphatic heterocycles. The van der Waals surface area contributed by atoms with Gasteiger partial charge in [0, 0.05) is 25.7 Å². The Morgan fingerprint density at radius 2 is 1.70 bits per heavy atom. The van der Waals surface area contributed by atoms with Crippen molar-refractivity contribution in [3.63, 3.8) is 0 Å². The summed E-state index contributed by atoms with van der Waals surface area (Å²) in [5.74, 6) is 0.952. The molecule has 2 aliphatic carbocycles. The normalized spacial score (nSPS) is 22.8. The van der Waals surface area contributed by atoms with E-state index >= 15 is 0 Å². The number of carbonyl (C=O) groups excluding carboxylic acids is 1. The van der Waals surface area contributed by atoms with Crippen molar-refractivity contribution in [3.8, 4) is 0 Å². The third kappa shape index (κ3) is 11.2. The molecule has 0 atom stereocenters. The van der Waals surface area contributed by atoms with Crippen molar-refractivity contribution in [1.29, 1.82) is 0 Å². The van der Waals surface area contributed by atoms with Gasteiger partial charge in [-0.2, -0.15) is 0 Å². The van der Waals surface area contributed by atoms with Gasteiger partial charge in [-0.25, -0.2) is 0 Å². The number of esters is 1. The van der Waals surface area contributed by atoms with Crippen LogP contribution in [0.2, 0.25) is 0 Å². The molecular weight excluding hydrogens is 493 g/mol. The van der Waals surface area contributed by atoms with Gasteiger partial charge in [-0.15, -0.1) is 24.0 Å². The van der Waals surface area contributed by atoms with Gasteiger partial charge in [0.2, 0.25) is 0 Å². The van der Waals surface area contributed by atoms with E-state index in [1.54, 1.807) is 0 Å². The summed E-state index contributed by atoms with van der Waals surface area (Å²) < 4.78 is 11.2. The lowest BCUT2D eigenvalue weighted by Gasteiger charge is -2.29. The number of carbonyl (C=O) groups is 1. The van der Waals surface area contributed by atoms with E-state index in [1.165, 1.54) is 38.5 Å². The van der Waals surface area contributed by atoms with E-state index in [0.29, 0.717) is 18.8 Å². The van der Waals surface area contributed by atoms with Crippen LogP contribution in [0.15, 0.2) is 4.99 Å². The number of hydrogen-bond acceptors (Lipinski definition) is 4. The fourth-order valence-corrected chi connectivity index (χ4v) is 4.31. The highest BCUT2D eigenvalue weighted by Gasteiger charge is 2.27. The van der Waals surface area contributed by atoms with Crippen LogP contribution in [0.3, 0.4) is 0 Å². The average molecular weight is 538 g/mol. The third-order valence-electron chi connectivity index (χ3n) is 6.01. The highest BCUT2D eigenvalue weighted by Crippen LogP contribution is 2.25. The van der Waals surface area contributed by atoms with Gasteiger partial charge < -0.3 is 20.1 Å². The number of nitrogens with zero attached hydrogens (tertiary/aromatic N) is 1. The molecule has 2 aliphatic rings. The molecule has 0 bridgehead atoms. The third-order valence-corrected chi connectivity index (χ3v) is 6.01. The van der Waals surface area contributed by atoms with Gasteiger partial charge in [0.15, 0.2) is 5.96 Å². The second-order valence-corrected chi connectivity index (χ2v) is 8.40. The van der Waals surface area contributed by atoms with E-state index in [0.717, 1.165) is 64.2 Å². The number of hydrogen-bond donors (Lipinski definition) is 2. The quantitative estimate of drug-likeness (QED) is 0.130. The zero-order valence-corrected chi connectivity index (χ0v) is 21.5. The Bertz CT molecular complexity index is 476. The van der Waals surface area contributed by atoms with Crippen LogP contribution in [0.25, 0.3) is 0 Å². The molecule has 0 aromatic carbocycles. The summed E-state index contributed by atoms with van der Waals surface area (Å²) in [7, 11) is 0. The van der Waals surface area contributed by atoms with Gasteiger partial charge in [0.1, 0.15) is 0 Å². The van der Waals surface area contributed by atoms with E-state index in [9.17, 15) is 4.79 Å². The molecule has 0 radical (unpaired) electrons. The van der Waals surface area contributed by atoms with Gasteiger partial charge >= 0.3 is 5.97 Å². The number of ether oxygens (including phenoxy) is 2. The standard InChI is InChI=1S/C23H43N3O3.HI/c1-3-24-23(26-20-15-13-19(14-16-20)22(27)28-4-2)25-17-9-6-10-18-29-21-11-7-5-8-12-21;/h19-21H,3-18H2,1-2H3,(H2,24,25,26);1H. The Morgan fingerprint density at radius 1 is 0.967 bits per heavy atom. The number of rotatable bonds is 11. The van der Waals surface area contributed by atoms with Crippen molar-refractivity contribution < 1.29 is 14.3 Å². The Labute approximate surface area is 200 Å². The Balaban J connectivity index is 0.00000450. The molecule has 0 aromatic rings. The Kier molecular flexibility index (Phi) is 15.6.